The maximum Gasteiger partial charge on any atom is 0.273 e. The van der Waals surface area contributed by atoms with Crippen molar-refractivity contribution in [2.75, 3.05) is 13.2 Å². The van der Waals surface area contributed by atoms with Gasteiger partial charge in [-0.1, -0.05) is 31.0 Å². The Hall–Kier alpha value is -3.06. The first-order valence-corrected chi connectivity index (χ1v) is 12.6. The van der Waals surface area contributed by atoms with Gasteiger partial charge in [0.15, 0.2) is 0 Å². The lowest BCUT2D eigenvalue weighted by atomic mass is 9.93. The van der Waals surface area contributed by atoms with E-state index < -0.39 is 5.54 Å². The fourth-order valence-electron chi connectivity index (χ4n) is 6.04. The van der Waals surface area contributed by atoms with Gasteiger partial charge in [-0.05, 0) is 50.8 Å². The van der Waals surface area contributed by atoms with E-state index in [1.54, 1.807) is 4.90 Å². The average molecular weight is 461 g/mol. The average Bonchev–Trinajstić information content (AvgIpc) is 3.64. The minimum atomic E-state index is -0.992. The first-order chi connectivity index (χ1) is 16.6. The minimum absolute atomic E-state index is 0.0338. The van der Waals surface area contributed by atoms with Crippen LogP contribution in [0.3, 0.4) is 0 Å². The summed E-state index contributed by atoms with van der Waals surface area (Å²) in [6.07, 6.45) is 10.1. The van der Waals surface area contributed by atoms with Gasteiger partial charge >= 0.3 is 0 Å². The summed E-state index contributed by atoms with van der Waals surface area (Å²) in [5.41, 5.74) is 1.50. The predicted octanol–water partition coefficient (Wildman–Crippen LogP) is 3.88. The summed E-state index contributed by atoms with van der Waals surface area (Å²) in [6.45, 7) is 3.49. The lowest BCUT2D eigenvalue weighted by Crippen LogP contribution is -2.66. The molecule has 1 saturated carbocycles. The molecule has 1 aliphatic carbocycles. The molecule has 34 heavy (non-hydrogen) atoms. The van der Waals surface area contributed by atoms with Gasteiger partial charge in [0.05, 0.1) is 23.9 Å². The van der Waals surface area contributed by atoms with Gasteiger partial charge in [-0.2, -0.15) is 0 Å². The van der Waals surface area contributed by atoms with Gasteiger partial charge in [-0.3, -0.25) is 9.59 Å². The zero-order chi connectivity index (χ0) is 23.3. The maximum atomic E-state index is 14.3. The Labute approximate surface area is 199 Å². The molecule has 0 bridgehead atoms. The Morgan fingerprint density at radius 3 is 2.59 bits per heavy atom. The summed E-state index contributed by atoms with van der Waals surface area (Å²) in [4.78, 5) is 29.9. The van der Waals surface area contributed by atoms with Crippen LogP contribution in [0.15, 0.2) is 48.8 Å². The van der Waals surface area contributed by atoms with Gasteiger partial charge in [0, 0.05) is 37.0 Å². The zero-order valence-corrected chi connectivity index (χ0v) is 19.7. The van der Waals surface area contributed by atoms with Crippen LogP contribution in [-0.2, 0) is 16.1 Å². The van der Waals surface area contributed by atoms with Gasteiger partial charge < -0.3 is 24.1 Å². The normalized spacial score (nSPS) is 25.3. The van der Waals surface area contributed by atoms with E-state index in [-0.39, 0.29) is 24.0 Å². The van der Waals surface area contributed by atoms with Crippen LogP contribution in [-0.4, -0.2) is 56.7 Å². The van der Waals surface area contributed by atoms with Gasteiger partial charge in [-0.15, -0.1) is 0 Å². The van der Waals surface area contributed by atoms with Crippen molar-refractivity contribution in [1.82, 2.24) is 19.4 Å². The van der Waals surface area contributed by atoms with E-state index in [4.69, 9.17) is 4.74 Å². The third-order valence-corrected chi connectivity index (χ3v) is 7.91. The Morgan fingerprint density at radius 2 is 1.85 bits per heavy atom. The van der Waals surface area contributed by atoms with Crippen molar-refractivity contribution < 1.29 is 14.3 Å². The smallest absolute Gasteiger partial charge is 0.273 e. The van der Waals surface area contributed by atoms with Crippen molar-refractivity contribution in [3.8, 4) is 5.69 Å². The molecule has 1 saturated heterocycles. The van der Waals surface area contributed by atoms with E-state index in [1.165, 1.54) is 0 Å². The number of benzene rings is 1. The number of ether oxygens (including phenoxy) is 1. The number of fused-ring (bicyclic) bond motifs is 3. The number of hydrogen-bond acceptors (Lipinski definition) is 3. The largest absolute Gasteiger partial charge is 0.376 e. The molecule has 0 radical (unpaired) electrons. The molecule has 7 heteroatoms. The summed E-state index contributed by atoms with van der Waals surface area (Å²) in [5, 5.41) is 4.30. The van der Waals surface area contributed by atoms with Crippen LogP contribution in [0.1, 0.15) is 55.9 Å². The number of para-hydroxylation sites is 1. The molecule has 178 valence electrons. The van der Waals surface area contributed by atoms with Gasteiger partial charge in [0.25, 0.3) is 5.91 Å². The number of rotatable bonds is 5. The highest BCUT2D eigenvalue weighted by molar-refractivity contribution is 6.09. The number of amides is 2. The van der Waals surface area contributed by atoms with E-state index in [1.807, 2.05) is 54.2 Å². The molecule has 0 spiro atoms. The molecule has 6 rings (SSSR count). The van der Waals surface area contributed by atoms with Crippen LogP contribution < -0.4 is 5.32 Å². The third kappa shape index (κ3) is 3.36. The molecule has 3 aromatic rings. The Bertz CT molecular complexity index is 1220. The van der Waals surface area contributed by atoms with Crippen LogP contribution in [0.2, 0.25) is 0 Å². The molecule has 2 atom stereocenters. The summed E-state index contributed by atoms with van der Waals surface area (Å²) in [7, 11) is 0. The lowest BCUT2D eigenvalue weighted by Gasteiger charge is -2.45. The lowest BCUT2D eigenvalue weighted by molar-refractivity contribution is -0.134. The van der Waals surface area contributed by atoms with Gasteiger partial charge in [-0.25, -0.2) is 0 Å². The molecule has 2 aromatic heterocycles. The molecule has 2 amide bonds. The van der Waals surface area contributed by atoms with Gasteiger partial charge in [0.2, 0.25) is 5.91 Å². The van der Waals surface area contributed by atoms with E-state index in [0.29, 0.717) is 25.4 Å². The number of carbonyl (C=O) groups is 2. The molecule has 2 aliphatic heterocycles. The van der Waals surface area contributed by atoms with E-state index in [9.17, 15) is 9.59 Å². The number of nitrogens with zero attached hydrogens (tertiary/aromatic N) is 3. The minimum Gasteiger partial charge on any atom is -0.376 e. The Balaban J connectivity index is 1.48. The van der Waals surface area contributed by atoms with E-state index in [0.717, 1.165) is 55.1 Å². The fourth-order valence-corrected chi connectivity index (χ4v) is 6.04. The third-order valence-electron chi connectivity index (χ3n) is 7.91. The highest BCUT2D eigenvalue weighted by Crippen LogP contribution is 2.38. The van der Waals surface area contributed by atoms with Crippen molar-refractivity contribution in [2.45, 2.75) is 69.7 Å². The van der Waals surface area contributed by atoms with Crippen LogP contribution >= 0.6 is 0 Å². The molecule has 0 unspecified atom stereocenters. The molecule has 2 fully saturated rings. The maximum absolute atomic E-state index is 14.3. The number of hydrogen-bond donors (Lipinski definition) is 1. The second-order valence-corrected chi connectivity index (χ2v) is 10.2. The monoisotopic (exact) mass is 460 g/mol. The standard InChI is InChI=1S/C27H32N4O3/c1-27(26(33)28-19-9-2-3-10-19)18-30-22-13-5-4-12-21(22)23(29-14-6-7-15-29)24(30)25(32)31(27)17-20-11-8-16-34-20/h4-7,12-15,19-20H,2-3,8-11,16-18H2,1H3,(H,28,33)/t20-,27-/m1/s1. The van der Waals surface area contributed by atoms with E-state index in [2.05, 4.69) is 16.0 Å². The van der Waals surface area contributed by atoms with Crippen LogP contribution in [0.4, 0.5) is 0 Å². The van der Waals surface area contributed by atoms with Gasteiger partial charge in [0.1, 0.15) is 11.2 Å². The summed E-state index contributed by atoms with van der Waals surface area (Å²) >= 11 is 0. The Kier molecular flexibility index (Phi) is 5.25. The summed E-state index contributed by atoms with van der Waals surface area (Å²) < 4.78 is 10.00. The van der Waals surface area contributed by atoms with Crippen molar-refractivity contribution in [3.63, 3.8) is 0 Å². The second kappa shape index (κ2) is 8.31. The molecular formula is C27H32N4O3. The fraction of sp³-hybridized carbons (Fsp3) is 0.481. The molecule has 3 aliphatic rings. The molecule has 7 nitrogen and oxygen atoms in total. The van der Waals surface area contributed by atoms with Crippen molar-refractivity contribution in [3.05, 3.63) is 54.5 Å². The zero-order valence-electron chi connectivity index (χ0n) is 19.7. The topological polar surface area (TPSA) is 68.5 Å². The highest BCUT2D eigenvalue weighted by atomic mass is 16.5. The molecule has 1 aromatic carbocycles. The summed E-state index contributed by atoms with van der Waals surface area (Å²) in [5.74, 6) is -0.164. The van der Waals surface area contributed by atoms with Crippen LogP contribution in [0.5, 0.6) is 0 Å². The first-order valence-electron chi connectivity index (χ1n) is 12.6. The quantitative estimate of drug-likeness (QED) is 0.628. The molecule has 1 N–H and O–H groups in total. The number of nitrogens with one attached hydrogen (secondary N) is 1. The van der Waals surface area contributed by atoms with E-state index >= 15 is 0 Å². The SMILES string of the molecule is C[C@]1(C(=O)NC2CCCC2)Cn2c(c(-n3cccc3)c3ccccc32)C(=O)N1C[C@H]1CCCO1. The summed E-state index contributed by atoms with van der Waals surface area (Å²) in [6, 6.07) is 12.2. The number of carbonyl (C=O) groups excluding carboxylic acids is 2. The highest BCUT2D eigenvalue weighted by Gasteiger charge is 2.50. The Morgan fingerprint density at radius 1 is 1.09 bits per heavy atom. The van der Waals surface area contributed by atoms with Crippen LogP contribution in [0, 0.1) is 0 Å². The first kappa shape index (κ1) is 21.5. The van der Waals surface area contributed by atoms with Crippen LogP contribution in [0.25, 0.3) is 16.6 Å². The van der Waals surface area contributed by atoms with Crippen molar-refractivity contribution >= 4 is 22.7 Å². The number of aromatic nitrogens is 2. The van der Waals surface area contributed by atoms with Crippen molar-refractivity contribution in [2.24, 2.45) is 0 Å². The second-order valence-electron chi connectivity index (χ2n) is 10.2. The predicted molar refractivity (Wildman–Crippen MR) is 130 cm³/mol. The molecule has 4 heterocycles. The molecular weight excluding hydrogens is 428 g/mol. The van der Waals surface area contributed by atoms with Crippen molar-refractivity contribution in [1.29, 1.82) is 0 Å².